The molecule has 0 bridgehead atoms. The molecule has 1 aliphatic rings. The number of ether oxygens (including phenoxy) is 1. The summed E-state index contributed by atoms with van der Waals surface area (Å²) in [6, 6.07) is 7.88. The quantitative estimate of drug-likeness (QED) is 0.713. The van der Waals surface area contributed by atoms with Gasteiger partial charge in [0.25, 0.3) is 0 Å². The monoisotopic (exact) mass is 375 g/mol. The molecule has 5 nitrogen and oxygen atoms in total. The van der Waals surface area contributed by atoms with Gasteiger partial charge in [0.15, 0.2) is 17.4 Å². The molecule has 0 spiro atoms. The molecule has 3 aromatic rings. The van der Waals surface area contributed by atoms with Crippen molar-refractivity contribution < 1.29 is 22.7 Å². The second kappa shape index (κ2) is 6.94. The van der Waals surface area contributed by atoms with Crippen molar-refractivity contribution in [3.8, 4) is 16.9 Å². The summed E-state index contributed by atoms with van der Waals surface area (Å²) in [4.78, 5) is 16.1. The third-order valence-corrected chi connectivity index (χ3v) is 4.35. The minimum atomic E-state index is -1.08. The molecule has 1 fully saturated rings. The Bertz CT molecular complexity index is 1010. The van der Waals surface area contributed by atoms with Crippen LogP contribution < -0.4 is 10.1 Å². The van der Waals surface area contributed by atoms with Gasteiger partial charge in [0.05, 0.1) is 12.1 Å². The number of pyridine rings is 1. The molecule has 2 aromatic heterocycles. The molecule has 27 heavy (non-hydrogen) atoms. The van der Waals surface area contributed by atoms with Gasteiger partial charge in [-0.3, -0.25) is 4.79 Å². The van der Waals surface area contributed by atoms with Crippen LogP contribution in [0.1, 0.15) is 6.42 Å². The Balaban J connectivity index is 1.64. The van der Waals surface area contributed by atoms with E-state index in [4.69, 9.17) is 4.74 Å². The van der Waals surface area contributed by atoms with Gasteiger partial charge in [-0.25, -0.2) is 18.2 Å². The van der Waals surface area contributed by atoms with Crippen molar-refractivity contribution in [1.29, 1.82) is 0 Å². The molecule has 0 radical (unpaired) electrons. The van der Waals surface area contributed by atoms with Gasteiger partial charge in [-0.15, -0.1) is 0 Å². The first-order valence-electron chi connectivity index (χ1n) is 8.48. The largest absolute Gasteiger partial charge is 0.487 e. The van der Waals surface area contributed by atoms with E-state index in [1.807, 2.05) is 0 Å². The average Bonchev–Trinajstić information content (AvgIpc) is 3.25. The smallest absolute Gasteiger partial charge is 0.231 e. The van der Waals surface area contributed by atoms with Crippen LogP contribution in [0.2, 0.25) is 0 Å². The van der Waals surface area contributed by atoms with Crippen LogP contribution in [0.5, 0.6) is 5.75 Å². The predicted molar refractivity (Wildman–Crippen MR) is 93.7 cm³/mol. The number of fused-ring (bicyclic) bond motifs is 1. The first kappa shape index (κ1) is 17.4. The van der Waals surface area contributed by atoms with Crippen LogP contribution >= 0.6 is 0 Å². The van der Waals surface area contributed by atoms with Gasteiger partial charge in [0.1, 0.15) is 25.1 Å². The van der Waals surface area contributed by atoms with Crippen LogP contribution in [0, 0.1) is 11.7 Å². The van der Waals surface area contributed by atoms with Crippen molar-refractivity contribution in [1.82, 2.24) is 9.38 Å². The highest BCUT2D eigenvalue weighted by molar-refractivity contribution is 5.94. The van der Waals surface area contributed by atoms with E-state index in [-0.39, 0.29) is 18.8 Å². The zero-order valence-corrected chi connectivity index (χ0v) is 14.2. The maximum absolute atomic E-state index is 14.1. The molecule has 0 saturated heterocycles. The second-order valence-electron chi connectivity index (χ2n) is 6.31. The highest BCUT2D eigenvalue weighted by atomic mass is 19.1. The second-order valence-corrected chi connectivity index (χ2v) is 6.31. The number of hydrogen-bond donors (Lipinski definition) is 1. The number of halogens is 3. The van der Waals surface area contributed by atoms with Crippen molar-refractivity contribution in [2.24, 2.45) is 5.92 Å². The van der Waals surface area contributed by atoms with E-state index in [1.54, 1.807) is 41.1 Å². The summed E-state index contributed by atoms with van der Waals surface area (Å²) in [5.74, 6) is -1.29. The van der Waals surface area contributed by atoms with Gasteiger partial charge >= 0.3 is 0 Å². The van der Waals surface area contributed by atoms with Crippen LogP contribution in [-0.2, 0) is 4.79 Å². The summed E-state index contributed by atoms with van der Waals surface area (Å²) in [5.41, 5.74) is 1.67. The van der Waals surface area contributed by atoms with E-state index >= 15 is 0 Å². The van der Waals surface area contributed by atoms with Gasteiger partial charge in [-0.05, 0) is 24.6 Å². The van der Waals surface area contributed by atoms with Crippen LogP contribution in [0.25, 0.3) is 16.8 Å². The zero-order valence-electron chi connectivity index (χ0n) is 14.2. The standard InChI is InChI=1S/C19H16F3N3O2/c20-6-7-27-18-12(2-1-3-14(18)21)11-4-5-17-23-16(10-25(17)9-11)24-19(26)13-8-15(13)22/h1-5,9-10,13,15H,6-8H2,(H,24,26)/t13-,15+/m1/s1. The molecular weight excluding hydrogens is 359 g/mol. The molecule has 0 unspecified atom stereocenters. The number of anilines is 1. The topological polar surface area (TPSA) is 55.6 Å². The summed E-state index contributed by atoms with van der Waals surface area (Å²) in [5, 5.41) is 2.59. The summed E-state index contributed by atoms with van der Waals surface area (Å²) in [6.45, 7) is -0.966. The number of nitrogens with one attached hydrogen (secondary N) is 1. The van der Waals surface area contributed by atoms with E-state index in [0.717, 1.165) is 0 Å². The molecule has 1 amide bonds. The van der Waals surface area contributed by atoms with Crippen molar-refractivity contribution in [3.05, 3.63) is 48.5 Å². The molecule has 1 aliphatic carbocycles. The minimum absolute atomic E-state index is 0.0223. The van der Waals surface area contributed by atoms with Gasteiger partial charge in [-0.1, -0.05) is 12.1 Å². The van der Waals surface area contributed by atoms with Crippen LogP contribution in [0.4, 0.5) is 19.0 Å². The Kier molecular flexibility index (Phi) is 4.47. The van der Waals surface area contributed by atoms with E-state index in [9.17, 15) is 18.0 Å². The van der Waals surface area contributed by atoms with Gasteiger partial charge in [-0.2, -0.15) is 0 Å². The first-order valence-corrected chi connectivity index (χ1v) is 8.48. The van der Waals surface area contributed by atoms with E-state index in [1.165, 1.54) is 6.07 Å². The van der Waals surface area contributed by atoms with Gasteiger partial charge in [0, 0.05) is 17.3 Å². The molecule has 0 aliphatic heterocycles. The fourth-order valence-corrected chi connectivity index (χ4v) is 2.89. The summed E-state index contributed by atoms with van der Waals surface area (Å²) < 4.78 is 46.4. The maximum atomic E-state index is 14.1. The van der Waals surface area contributed by atoms with E-state index < -0.39 is 30.5 Å². The Morgan fingerprint density at radius 1 is 1.30 bits per heavy atom. The van der Waals surface area contributed by atoms with E-state index in [0.29, 0.717) is 22.6 Å². The van der Waals surface area contributed by atoms with Gasteiger partial charge < -0.3 is 14.5 Å². The van der Waals surface area contributed by atoms with Crippen molar-refractivity contribution in [2.45, 2.75) is 12.6 Å². The average molecular weight is 375 g/mol. The molecule has 4 rings (SSSR count). The lowest BCUT2D eigenvalue weighted by atomic mass is 10.1. The molecule has 1 aromatic carbocycles. The molecular formula is C19H16F3N3O2. The highest BCUT2D eigenvalue weighted by Crippen LogP contribution is 2.35. The zero-order chi connectivity index (χ0) is 19.0. The fraction of sp³-hybridized carbons (Fsp3) is 0.263. The number of alkyl halides is 2. The predicted octanol–water partition coefficient (Wildman–Crippen LogP) is 3.79. The number of benzene rings is 1. The Morgan fingerprint density at radius 2 is 2.11 bits per heavy atom. The lowest BCUT2D eigenvalue weighted by molar-refractivity contribution is -0.117. The molecule has 1 N–H and O–H groups in total. The van der Waals surface area contributed by atoms with Crippen LogP contribution in [-0.4, -0.2) is 34.7 Å². The SMILES string of the molecule is O=C(Nc1cn2cc(-c3cccc(F)c3OCCF)ccc2n1)[C@@H]1C[C@@H]1F. The molecule has 140 valence electrons. The third kappa shape index (κ3) is 3.47. The summed E-state index contributed by atoms with van der Waals surface area (Å²) in [7, 11) is 0. The summed E-state index contributed by atoms with van der Waals surface area (Å²) >= 11 is 0. The number of amides is 1. The first-order chi connectivity index (χ1) is 13.1. The van der Waals surface area contributed by atoms with Crippen molar-refractivity contribution in [3.63, 3.8) is 0 Å². The number of imidazole rings is 1. The van der Waals surface area contributed by atoms with Gasteiger partial charge in [0.2, 0.25) is 5.91 Å². The lowest BCUT2D eigenvalue weighted by Crippen LogP contribution is -2.15. The number of carbonyl (C=O) groups is 1. The minimum Gasteiger partial charge on any atom is -0.487 e. The number of hydrogen-bond acceptors (Lipinski definition) is 3. The van der Waals surface area contributed by atoms with Crippen LogP contribution in [0.15, 0.2) is 42.7 Å². The Labute approximate surface area is 152 Å². The maximum Gasteiger partial charge on any atom is 0.231 e. The molecule has 2 atom stereocenters. The lowest BCUT2D eigenvalue weighted by Gasteiger charge is -2.11. The highest BCUT2D eigenvalue weighted by Gasteiger charge is 2.43. The van der Waals surface area contributed by atoms with Crippen molar-refractivity contribution >= 4 is 17.4 Å². The molecule has 2 heterocycles. The Morgan fingerprint density at radius 3 is 2.85 bits per heavy atom. The number of aromatic nitrogens is 2. The molecule has 8 heteroatoms. The number of carbonyl (C=O) groups excluding carboxylic acids is 1. The number of nitrogens with zero attached hydrogens (tertiary/aromatic N) is 2. The third-order valence-electron chi connectivity index (χ3n) is 4.35. The van der Waals surface area contributed by atoms with Crippen LogP contribution in [0.3, 0.4) is 0 Å². The number of rotatable bonds is 6. The normalized spacial score (nSPS) is 18.5. The van der Waals surface area contributed by atoms with E-state index in [2.05, 4.69) is 10.3 Å². The van der Waals surface area contributed by atoms with Crippen molar-refractivity contribution in [2.75, 3.05) is 18.6 Å². The number of para-hydroxylation sites is 1. The Hall–Kier alpha value is -3.03. The molecule has 1 saturated carbocycles. The fourth-order valence-electron chi connectivity index (χ4n) is 2.89. The summed E-state index contributed by atoms with van der Waals surface area (Å²) in [6.07, 6.45) is 2.45.